The number of allylic oxidation sites excluding steroid dienone is 1. The van der Waals surface area contributed by atoms with Gasteiger partial charge in [0.25, 0.3) is 0 Å². The standard InChI is InChI=1S/C27H23IN2O4/c1-3-6-21-13-19(14-24(32-2)26(21)33-17-18-9-11-22(28)12-10-18)16-29-30-27(31)25-15-20-7-4-5-8-23(20)34-25/h3-5,7-16H,1,6,17H2,2H3,(H,30,31)/b29-16+. The van der Waals surface area contributed by atoms with Crippen LogP contribution in [0.25, 0.3) is 11.0 Å². The second kappa shape index (κ2) is 11.0. The molecule has 34 heavy (non-hydrogen) atoms. The highest BCUT2D eigenvalue weighted by Gasteiger charge is 2.14. The molecule has 1 heterocycles. The first-order valence-corrected chi connectivity index (χ1v) is 11.7. The van der Waals surface area contributed by atoms with Gasteiger partial charge in [-0.1, -0.05) is 36.4 Å². The highest BCUT2D eigenvalue weighted by molar-refractivity contribution is 14.1. The molecule has 0 spiro atoms. The molecule has 4 aromatic rings. The van der Waals surface area contributed by atoms with Crippen LogP contribution in [0.15, 0.2) is 88.9 Å². The number of nitrogens with one attached hydrogen (secondary N) is 1. The van der Waals surface area contributed by atoms with E-state index in [1.807, 2.05) is 60.7 Å². The number of ether oxygens (including phenoxy) is 2. The van der Waals surface area contributed by atoms with E-state index in [1.54, 1.807) is 25.5 Å². The molecule has 3 aromatic carbocycles. The van der Waals surface area contributed by atoms with Gasteiger partial charge in [0.15, 0.2) is 17.3 Å². The quantitative estimate of drug-likeness (QED) is 0.115. The Bertz CT molecular complexity index is 1310. The molecular weight excluding hydrogens is 543 g/mol. The van der Waals surface area contributed by atoms with Gasteiger partial charge in [0.2, 0.25) is 0 Å². The number of carbonyl (C=O) groups excluding carboxylic acids is 1. The number of carbonyl (C=O) groups is 1. The number of halogens is 1. The van der Waals surface area contributed by atoms with Gasteiger partial charge >= 0.3 is 5.91 Å². The second-order valence-corrected chi connectivity index (χ2v) is 8.71. The van der Waals surface area contributed by atoms with E-state index in [2.05, 4.69) is 39.7 Å². The van der Waals surface area contributed by atoms with Gasteiger partial charge in [-0.15, -0.1) is 6.58 Å². The summed E-state index contributed by atoms with van der Waals surface area (Å²) in [5, 5.41) is 4.95. The third-order valence-electron chi connectivity index (χ3n) is 5.06. The zero-order valence-corrected chi connectivity index (χ0v) is 20.7. The van der Waals surface area contributed by atoms with Gasteiger partial charge in [0.1, 0.15) is 12.2 Å². The number of fused-ring (bicyclic) bond motifs is 1. The molecule has 172 valence electrons. The lowest BCUT2D eigenvalue weighted by Crippen LogP contribution is -2.16. The number of hydrogen-bond acceptors (Lipinski definition) is 5. The van der Waals surface area contributed by atoms with Crippen molar-refractivity contribution in [3.8, 4) is 11.5 Å². The van der Waals surface area contributed by atoms with Crippen molar-refractivity contribution >= 4 is 45.7 Å². The summed E-state index contributed by atoms with van der Waals surface area (Å²) < 4.78 is 18.4. The van der Waals surface area contributed by atoms with Gasteiger partial charge in [0.05, 0.1) is 13.3 Å². The molecule has 7 heteroatoms. The molecule has 0 fully saturated rings. The van der Waals surface area contributed by atoms with E-state index >= 15 is 0 Å². The monoisotopic (exact) mass is 566 g/mol. The second-order valence-electron chi connectivity index (χ2n) is 7.47. The highest BCUT2D eigenvalue weighted by Crippen LogP contribution is 2.34. The average Bonchev–Trinajstić information content (AvgIpc) is 3.29. The van der Waals surface area contributed by atoms with Gasteiger partial charge in [0, 0.05) is 14.5 Å². The molecule has 0 bridgehead atoms. The van der Waals surface area contributed by atoms with E-state index in [0.717, 1.165) is 22.1 Å². The largest absolute Gasteiger partial charge is 0.493 e. The number of para-hydroxylation sites is 1. The van der Waals surface area contributed by atoms with Gasteiger partial charge in [-0.3, -0.25) is 4.79 Å². The van der Waals surface area contributed by atoms with Crippen LogP contribution < -0.4 is 14.9 Å². The predicted molar refractivity (Wildman–Crippen MR) is 142 cm³/mol. The van der Waals surface area contributed by atoms with Crippen LogP contribution >= 0.6 is 22.6 Å². The zero-order chi connectivity index (χ0) is 23.9. The van der Waals surface area contributed by atoms with Crippen molar-refractivity contribution in [1.82, 2.24) is 5.43 Å². The average molecular weight is 566 g/mol. The highest BCUT2D eigenvalue weighted by atomic mass is 127. The van der Waals surface area contributed by atoms with Crippen LogP contribution in [0.5, 0.6) is 11.5 Å². The predicted octanol–water partition coefficient (Wildman–Crippen LogP) is 6.12. The van der Waals surface area contributed by atoms with Crippen molar-refractivity contribution in [2.24, 2.45) is 5.10 Å². The van der Waals surface area contributed by atoms with Crippen LogP contribution in [0.4, 0.5) is 0 Å². The molecular formula is C27H23IN2O4. The molecule has 0 saturated carbocycles. The zero-order valence-electron chi connectivity index (χ0n) is 18.6. The summed E-state index contributed by atoms with van der Waals surface area (Å²) in [6.07, 6.45) is 3.95. The SMILES string of the molecule is C=CCc1cc(/C=N/NC(=O)c2cc3ccccc3o2)cc(OC)c1OCc1ccc(I)cc1. The Labute approximate surface area is 211 Å². The number of benzene rings is 3. The molecule has 0 aliphatic carbocycles. The number of amides is 1. The minimum Gasteiger partial charge on any atom is -0.493 e. The van der Waals surface area contributed by atoms with Crippen molar-refractivity contribution in [2.45, 2.75) is 13.0 Å². The summed E-state index contributed by atoms with van der Waals surface area (Å²) in [5.74, 6) is 1.00. The third kappa shape index (κ3) is 5.66. The summed E-state index contributed by atoms with van der Waals surface area (Å²) in [7, 11) is 1.59. The summed E-state index contributed by atoms with van der Waals surface area (Å²) >= 11 is 2.27. The van der Waals surface area contributed by atoms with E-state index in [9.17, 15) is 4.79 Å². The Morgan fingerprint density at radius 2 is 1.94 bits per heavy atom. The first kappa shape index (κ1) is 23.6. The van der Waals surface area contributed by atoms with Crippen molar-refractivity contribution in [3.05, 3.63) is 105 Å². The minimum absolute atomic E-state index is 0.197. The fraction of sp³-hybridized carbons (Fsp3) is 0.111. The van der Waals surface area contributed by atoms with Crippen molar-refractivity contribution in [3.63, 3.8) is 0 Å². The first-order valence-electron chi connectivity index (χ1n) is 10.6. The lowest BCUT2D eigenvalue weighted by Gasteiger charge is -2.16. The summed E-state index contributed by atoms with van der Waals surface area (Å²) in [6.45, 7) is 4.26. The van der Waals surface area contributed by atoms with E-state index in [-0.39, 0.29) is 5.76 Å². The number of methoxy groups -OCH3 is 1. The van der Waals surface area contributed by atoms with Crippen LogP contribution in [-0.2, 0) is 13.0 Å². The van der Waals surface area contributed by atoms with Gasteiger partial charge < -0.3 is 13.9 Å². The van der Waals surface area contributed by atoms with E-state index in [0.29, 0.717) is 30.1 Å². The number of hydrazone groups is 1. The van der Waals surface area contributed by atoms with Gasteiger partial charge in [-0.05, 0) is 76.5 Å². The number of rotatable bonds is 9. The smallest absolute Gasteiger partial charge is 0.307 e. The molecule has 1 aromatic heterocycles. The number of hydrogen-bond donors (Lipinski definition) is 1. The maximum absolute atomic E-state index is 12.4. The van der Waals surface area contributed by atoms with Crippen molar-refractivity contribution in [1.29, 1.82) is 0 Å². The normalized spacial score (nSPS) is 11.0. The fourth-order valence-corrected chi connectivity index (χ4v) is 3.79. The fourth-order valence-electron chi connectivity index (χ4n) is 3.43. The molecule has 0 aliphatic heterocycles. The van der Waals surface area contributed by atoms with Crippen molar-refractivity contribution in [2.75, 3.05) is 7.11 Å². The van der Waals surface area contributed by atoms with Crippen LogP contribution in [0.2, 0.25) is 0 Å². The molecule has 4 rings (SSSR count). The topological polar surface area (TPSA) is 73.1 Å². The Kier molecular flexibility index (Phi) is 7.64. The van der Waals surface area contributed by atoms with Crippen LogP contribution in [0, 0.1) is 3.57 Å². The molecule has 0 aliphatic rings. The molecule has 1 N–H and O–H groups in total. The van der Waals surface area contributed by atoms with Crippen LogP contribution in [-0.4, -0.2) is 19.2 Å². The lowest BCUT2D eigenvalue weighted by molar-refractivity contribution is 0.0929. The van der Waals surface area contributed by atoms with Gasteiger partial charge in [-0.25, -0.2) is 5.43 Å². The Morgan fingerprint density at radius 3 is 2.68 bits per heavy atom. The first-order chi connectivity index (χ1) is 16.6. The van der Waals surface area contributed by atoms with Crippen LogP contribution in [0.1, 0.15) is 27.2 Å². The maximum atomic E-state index is 12.4. The Morgan fingerprint density at radius 1 is 1.15 bits per heavy atom. The van der Waals surface area contributed by atoms with E-state index < -0.39 is 5.91 Å². The Balaban J connectivity index is 1.50. The molecule has 1 amide bonds. The van der Waals surface area contributed by atoms with Gasteiger partial charge in [-0.2, -0.15) is 5.10 Å². The molecule has 0 saturated heterocycles. The third-order valence-corrected chi connectivity index (χ3v) is 5.78. The molecule has 0 atom stereocenters. The summed E-state index contributed by atoms with van der Waals surface area (Å²) in [5.41, 5.74) is 5.87. The van der Waals surface area contributed by atoms with E-state index in [4.69, 9.17) is 13.9 Å². The maximum Gasteiger partial charge on any atom is 0.307 e. The minimum atomic E-state index is -0.428. The lowest BCUT2D eigenvalue weighted by atomic mass is 10.1. The number of nitrogens with zero attached hydrogens (tertiary/aromatic N) is 1. The Hall–Kier alpha value is -3.59. The molecule has 0 unspecified atom stereocenters. The van der Waals surface area contributed by atoms with E-state index in [1.165, 1.54) is 3.57 Å². The molecule has 0 radical (unpaired) electrons. The summed E-state index contributed by atoms with van der Waals surface area (Å²) in [4.78, 5) is 12.4. The van der Waals surface area contributed by atoms with Crippen LogP contribution in [0.3, 0.4) is 0 Å². The molecule has 6 nitrogen and oxygen atoms in total. The van der Waals surface area contributed by atoms with Crippen molar-refractivity contribution < 1.29 is 18.7 Å². The summed E-state index contributed by atoms with van der Waals surface area (Å²) in [6, 6.07) is 21.0. The number of furan rings is 1.